The molecule has 182 valence electrons. The predicted molar refractivity (Wildman–Crippen MR) is 129 cm³/mol. The lowest BCUT2D eigenvalue weighted by atomic mass is 9.84. The SMILES string of the molecule is CCC(CC)C(=O)N1CCC(NC(=NC)NCCN2CCN(C(=O)C3CCC3)CC2)CC1. The van der Waals surface area contributed by atoms with Crippen molar-refractivity contribution in [3.05, 3.63) is 0 Å². The van der Waals surface area contributed by atoms with Crippen LogP contribution in [0.5, 0.6) is 0 Å². The van der Waals surface area contributed by atoms with Gasteiger partial charge < -0.3 is 20.4 Å². The molecular weight excluding hydrogens is 404 g/mol. The smallest absolute Gasteiger partial charge is 0.225 e. The van der Waals surface area contributed by atoms with Gasteiger partial charge in [0.1, 0.15) is 0 Å². The molecule has 0 atom stereocenters. The fourth-order valence-corrected chi connectivity index (χ4v) is 4.97. The molecule has 3 aliphatic rings. The van der Waals surface area contributed by atoms with Crippen LogP contribution in [-0.2, 0) is 9.59 Å². The first-order valence-electron chi connectivity index (χ1n) is 12.8. The van der Waals surface area contributed by atoms with Gasteiger partial charge in [-0.2, -0.15) is 0 Å². The number of hydrogen-bond donors (Lipinski definition) is 2. The van der Waals surface area contributed by atoms with E-state index in [9.17, 15) is 9.59 Å². The molecule has 1 saturated carbocycles. The van der Waals surface area contributed by atoms with E-state index in [4.69, 9.17) is 0 Å². The lowest BCUT2D eigenvalue weighted by molar-refractivity contribution is -0.140. The van der Waals surface area contributed by atoms with E-state index < -0.39 is 0 Å². The molecule has 2 N–H and O–H groups in total. The van der Waals surface area contributed by atoms with E-state index in [-0.39, 0.29) is 5.92 Å². The molecule has 2 amide bonds. The van der Waals surface area contributed by atoms with E-state index in [1.165, 1.54) is 6.42 Å². The molecule has 0 aromatic rings. The quantitative estimate of drug-likeness (QED) is 0.435. The Labute approximate surface area is 194 Å². The van der Waals surface area contributed by atoms with Crippen molar-refractivity contribution in [3.8, 4) is 0 Å². The van der Waals surface area contributed by atoms with Crippen LogP contribution in [0.1, 0.15) is 58.8 Å². The summed E-state index contributed by atoms with van der Waals surface area (Å²) in [5.41, 5.74) is 0. The standard InChI is InChI=1S/C24H44N6O2/c1-4-19(5-2)22(31)29-12-9-21(10-13-29)27-24(25-3)26-11-14-28-15-17-30(18-16-28)23(32)20-7-6-8-20/h19-21H,4-18H2,1-3H3,(H2,25,26,27). The zero-order chi connectivity index (χ0) is 22.9. The molecule has 8 heteroatoms. The molecule has 8 nitrogen and oxygen atoms in total. The summed E-state index contributed by atoms with van der Waals surface area (Å²) in [6, 6.07) is 0.355. The monoisotopic (exact) mass is 448 g/mol. The van der Waals surface area contributed by atoms with Crippen LogP contribution >= 0.6 is 0 Å². The molecule has 3 rings (SSSR count). The minimum Gasteiger partial charge on any atom is -0.355 e. The summed E-state index contributed by atoms with van der Waals surface area (Å²) in [7, 11) is 1.81. The molecule has 2 saturated heterocycles. The maximum atomic E-state index is 12.6. The number of carbonyl (C=O) groups excluding carboxylic acids is 2. The second kappa shape index (κ2) is 12.4. The number of nitrogens with one attached hydrogen (secondary N) is 2. The summed E-state index contributed by atoms with van der Waals surface area (Å²) in [6.07, 6.45) is 7.16. The summed E-state index contributed by atoms with van der Waals surface area (Å²) in [4.78, 5) is 35.9. The minimum absolute atomic E-state index is 0.173. The van der Waals surface area contributed by atoms with Crippen LogP contribution in [0.2, 0.25) is 0 Å². The number of aliphatic imine (C=N–C) groups is 1. The average Bonchev–Trinajstić information content (AvgIpc) is 2.78. The molecule has 3 fully saturated rings. The van der Waals surface area contributed by atoms with Crippen LogP contribution in [0, 0.1) is 11.8 Å². The first kappa shape index (κ1) is 24.8. The van der Waals surface area contributed by atoms with Crippen LogP contribution in [-0.4, -0.2) is 97.9 Å². The van der Waals surface area contributed by atoms with Gasteiger partial charge in [-0.05, 0) is 38.5 Å². The fraction of sp³-hybridized carbons (Fsp3) is 0.875. The highest BCUT2D eigenvalue weighted by Gasteiger charge is 2.31. The molecule has 2 aliphatic heterocycles. The van der Waals surface area contributed by atoms with Gasteiger partial charge in [-0.1, -0.05) is 20.3 Å². The third-order valence-corrected chi connectivity index (χ3v) is 7.56. The van der Waals surface area contributed by atoms with Crippen molar-refractivity contribution in [1.29, 1.82) is 0 Å². The van der Waals surface area contributed by atoms with E-state index >= 15 is 0 Å². The van der Waals surface area contributed by atoms with Crippen LogP contribution in [0.15, 0.2) is 4.99 Å². The van der Waals surface area contributed by atoms with Crippen molar-refractivity contribution in [3.63, 3.8) is 0 Å². The topological polar surface area (TPSA) is 80.3 Å². The minimum atomic E-state index is 0.173. The van der Waals surface area contributed by atoms with Gasteiger partial charge in [-0.3, -0.25) is 19.5 Å². The van der Waals surface area contributed by atoms with Gasteiger partial charge >= 0.3 is 0 Å². The van der Waals surface area contributed by atoms with Crippen molar-refractivity contribution < 1.29 is 9.59 Å². The Kier molecular flexibility index (Phi) is 9.63. The normalized spacial score (nSPS) is 21.6. The number of guanidine groups is 1. The molecule has 32 heavy (non-hydrogen) atoms. The Morgan fingerprint density at radius 1 is 0.938 bits per heavy atom. The van der Waals surface area contributed by atoms with Crippen molar-refractivity contribution in [2.45, 2.75) is 64.8 Å². The third kappa shape index (κ3) is 6.59. The summed E-state index contributed by atoms with van der Waals surface area (Å²) in [6.45, 7) is 11.3. The molecule has 0 radical (unpaired) electrons. The van der Waals surface area contributed by atoms with Crippen LogP contribution in [0.25, 0.3) is 0 Å². The van der Waals surface area contributed by atoms with Gasteiger partial charge in [-0.25, -0.2) is 0 Å². The molecule has 0 spiro atoms. The van der Waals surface area contributed by atoms with Gasteiger partial charge in [0.05, 0.1) is 0 Å². The van der Waals surface area contributed by atoms with Crippen LogP contribution < -0.4 is 10.6 Å². The first-order valence-corrected chi connectivity index (χ1v) is 12.8. The number of rotatable bonds is 8. The zero-order valence-electron chi connectivity index (χ0n) is 20.4. The second-order valence-electron chi connectivity index (χ2n) is 9.55. The van der Waals surface area contributed by atoms with Gasteiger partial charge in [0.2, 0.25) is 11.8 Å². The molecule has 0 aromatic heterocycles. The fourth-order valence-electron chi connectivity index (χ4n) is 4.97. The molecule has 2 heterocycles. The number of carbonyl (C=O) groups is 2. The predicted octanol–water partition coefficient (Wildman–Crippen LogP) is 1.52. The third-order valence-electron chi connectivity index (χ3n) is 7.56. The lowest BCUT2D eigenvalue weighted by Crippen LogP contribution is -2.53. The number of hydrogen-bond acceptors (Lipinski definition) is 4. The highest BCUT2D eigenvalue weighted by Crippen LogP contribution is 2.28. The van der Waals surface area contributed by atoms with E-state index in [0.717, 1.165) is 96.8 Å². The highest BCUT2D eigenvalue weighted by atomic mass is 16.2. The summed E-state index contributed by atoms with van der Waals surface area (Å²) >= 11 is 0. The molecule has 1 aliphatic carbocycles. The maximum absolute atomic E-state index is 12.6. The number of amides is 2. The summed E-state index contributed by atoms with van der Waals surface area (Å²) < 4.78 is 0. The van der Waals surface area contributed by atoms with Crippen LogP contribution in [0.4, 0.5) is 0 Å². The average molecular weight is 449 g/mol. The Morgan fingerprint density at radius 2 is 1.59 bits per heavy atom. The van der Waals surface area contributed by atoms with Crippen molar-refractivity contribution in [2.75, 3.05) is 59.4 Å². The largest absolute Gasteiger partial charge is 0.355 e. The van der Waals surface area contributed by atoms with E-state index in [2.05, 4.69) is 39.3 Å². The van der Waals surface area contributed by atoms with Gasteiger partial charge in [0, 0.05) is 77.3 Å². The zero-order valence-corrected chi connectivity index (χ0v) is 20.4. The number of piperidine rings is 1. The molecule has 0 unspecified atom stereocenters. The van der Waals surface area contributed by atoms with Gasteiger partial charge in [0.15, 0.2) is 5.96 Å². The molecule has 0 aromatic carbocycles. The number of likely N-dealkylation sites (tertiary alicyclic amines) is 1. The molecule has 0 bridgehead atoms. The van der Waals surface area contributed by atoms with E-state index in [0.29, 0.717) is 23.8 Å². The lowest BCUT2D eigenvalue weighted by Gasteiger charge is -2.38. The van der Waals surface area contributed by atoms with Crippen molar-refractivity contribution in [1.82, 2.24) is 25.3 Å². The highest BCUT2D eigenvalue weighted by molar-refractivity contribution is 5.81. The van der Waals surface area contributed by atoms with Crippen LogP contribution in [0.3, 0.4) is 0 Å². The van der Waals surface area contributed by atoms with Crippen molar-refractivity contribution in [2.24, 2.45) is 16.8 Å². The van der Waals surface area contributed by atoms with Gasteiger partial charge in [-0.15, -0.1) is 0 Å². The molecular formula is C24H44N6O2. The van der Waals surface area contributed by atoms with E-state index in [1.54, 1.807) is 0 Å². The first-order chi connectivity index (χ1) is 15.5. The maximum Gasteiger partial charge on any atom is 0.225 e. The summed E-state index contributed by atoms with van der Waals surface area (Å²) in [5, 5.41) is 6.98. The summed E-state index contributed by atoms with van der Waals surface area (Å²) in [5.74, 6) is 2.03. The Morgan fingerprint density at radius 3 is 2.12 bits per heavy atom. The number of piperazine rings is 1. The Balaban J connectivity index is 1.30. The second-order valence-corrected chi connectivity index (χ2v) is 9.55. The number of nitrogens with zero attached hydrogens (tertiary/aromatic N) is 4. The Hall–Kier alpha value is -1.83. The van der Waals surface area contributed by atoms with E-state index in [1.807, 2.05) is 11.9 Å². The van der Waals surface area contributed by atoms with Gasteiger partial charge in [0.25, 0.3) is 0 Å². The Bertz CT molecular complexity index is 630. The van der Waals surface area contributed by atoms with Crippen molar-refractivity contribution >= 4 is 17.8 Å².